The number of nitrogens with zero attached hydrogens (tertiary/aromatic N) is 1. The average molecular weight is 333 g/mol. The zero-order chi connectivity index (χ0) is 18.5. The van der Waals surface area contributed by atoms with E-state index in [1.165, 1.54) is 0 Å². The second kappa shape index (κ2) is 8.18. The summed E-state index contributed by atoms with van der Waals surface area (Å²) < 4.78 is 0. The highest BCUT2D eigenvalue weighted by Crippen LogP contribution is 2.22. The molecule has 0 spiro atoms. The number of nitrogen functional groups attached to an aromatic ring is 1. The number of carbonyl (C=O) groups is 2. The van der Waals surface area contributed by atoms with E-state index in [0.717, 1.165) is 18.4 Å². The number of hydrogen-bond acceptors (Lipinski definition) is 3. The summed E-state index contributed by atoms with van der Waals surface area (Å²) in [5, 5.41) is 2.91. The third kappa shape index (κ3) is 4.98. The van der Waals surface area contributed by atoms with Crippen LogP contribution in [0.3, 0.4) is 0 Å². The molecule has 5 heteroatoms. The standard InChI is InChI=1S/C19H31N3O2/c1-7-11-22(6)18(24)16(19(3,4)5)21-17(23)14-9-10-15(20)13(8-2)12-14/h9-10,12,16H,7-8,11,20H2,1-6H3,(H,21,23)/t16-/m1/s1. The highest BCUT2D eigenvalue weighted by molar-refractivity contribution is 5.98. The summed E-state index contributed by atoms with van der Waals surface area (Å²) in [6.45, 7) is 10.6. The molecule has 0 aliphatic rings. The van der Waals surface area contributed by atoms with Crippen molar-refractivity contribution >= 4 is 17.5 Å². The molecule has 2 amide bonds. The molecule has 0 aliphatic heterocycles. The fourth-order valence-electron chi connectivity index (χ4n) is 2.58. The van der Waals surface area contributed by atoms with Crippen molar-refractivity contribution in [3.63, 3.8) is 0 Å². The Labute approximate surface area is 145 Å². The molecule has 0 radical (unpaired) electrons. The van der Waals surface area contributed by atoms with Crippen LogP contribution >= 0.6 is 0 Å². The van der Waals surface area contributed by atoms with Gasteiger partial charge in [0.2, 0.25) is 5.91 Å². The maximum atomic E-state index is 12.7. The van der Waals surface area contributed by atoms with Crippen molar-refractivity contribution in [1.29, 1.82) is 0 Å². The molecule has 1 rings (SSSR count). The van der Waals surface area contributed by atoms with Gasteiger partial charge in [0.1, 0.15) is 6.04 Å². The Morgan fingerprint density at radius 3 is 2.38 bits per heavy atom. The molecule has 3 N–H and O–H groups in total. The van der Waals surface area contributed by atoms with Crippen molar-refractivity contribution in [1.82, 2.24) is 10.2 Å². The Hall–Kier alpha value is -2.04. The first-order valence-electron chi connectivity index (χ1n) is 8.56. The van der Waals surface area contributed by atoms with Gasteiger partial charge >= 0.3 is 0 Å². The van der Waals surface area contributed by atoms with Crippen molar-refractivity contribution in [2.75, 3.05) is 19.3 Å². The fourth-order valence-corrected chi connectivity index (χ4v) is 2.58. The van der Waals surface area contributed by atoms with Crippen LogP contribution in [0, 0.1) is 5.41 Å². The lowest BCUT2D eigenvalue weighted by atomic mass is 9.85. The molecular formula is C19H31N3O2. The Kier molecular flexibility index (Phi) is 6.81. The minimum atomic E-state index is -0.579. The van der Waals surface area contributed by atoms with Crippen LogP contribution in [0.1, 0.15) is 57.0 Å². The van der Waals surface area contributed by atoms with Gasteiger partial charge in [-0.2, -0.15) is 0 Å². The minimum Gasteiger partial charge on any atom is -0.399 e. The highest BCUT2D eigenvalue weighted by atomic mass is 16.2. The lowest BCUT2D eigenvalue weighted by Crippen LogP contribution is -2.54. The third-order valence-electron chi connectivity index (χ3n) is 4.11. The van der Waals surface area contributed by atoms with Crippen molar-refractivity contribution in [2.24, 2.45) is 5.41 Å². The van der Waals surface area contributed by atoms with Gasteiger partial charge in [0, 0.05) is 24.8 Å². The molecule has 5 nitrogen and oxygen atoms in total. The van der Waals surface area contributed by atoms with E-state index in [0.29, 0.717) is 17.8 Å². The molecule has 0 saturated carbocycles. The van der Waals surface area contributed by atoms with Crippen LogP contribution in [-0.4, -0.2) is 36.3 Å². The summed E-state index contributed by atoms with van der Waals surface area (Å²) in [6.07, 6.45) is 1.64. The Bertz CT molecular complexity index is 591. The van der Waals surface area contributed by atoms with Crippen LogP contribution in [-0.2, 0) is 11.2 Å². The van der Waals surface area contributed by atoms with Crippen molar-refractivity contribution < 1.29 is 9.59 Å². The normalized spacial score (nSPS) is 12.6. The molecule has 1 aromatic carbocycles. The maximum Gasteiger partial charge on any atom is 0.251 e. The van der Waals surface area contributed by atoms with Crippen LogP contribution in [0.25, 0.3) is 0 Å². The number of likely N-dealkylation sites (N-methyl/N-ethyl adjacent to an activating group) is 1. The van der Waals surface area contributed by atoms with Crippen molar-refractivity contribution in [2.45, 2.75) is 53.5 Å². The first kappa shape index (κ1) is 20.0. The smallest absolute Gasteiger partial charge is 0.251 e. The van der Waals surface area contributed by atoms with Gasteiger partial charge in [-0.05, 0) is 42.0 Å². The second-order valence-corrected chi connectivity index (χ2v) is 7.30. The minimum absolute atomic E-state index is 0.0659. The van der Waals surface area contributed by atoms with E-state index in [4.69, 9.17) is 5.73 Å². The number of hydrogen-bond donors (Lipinski definition) is 2. The van der Waals surface area contributed by atoms with E-state index < -0.39 is 6.04 Å². The van der Waals surface area contributed by atoms with Crippen LogP contribution in [0.5, 0.6) is 0 Å². The number of anilines is 1. The molecule has 1 aromatic rings. The molecule has 0 heterocycles. The second-order valence-electron chi connectivity index (χ2n) is 7.30. The quantitative estimate of drug-likeness (QED) is 0.786. The molecule has 0 fully saturated rings. The Morgan fingerprint density at radius 1 is 1.25 bits per heavy atom. The molecule has 0 saturated heterocycles. The van der Waals surface area contributed by atoms with Gasteiger partial charge in [0.05, 0.1) is 0 Å². The lowest BCUT2D eigenvalue weighted by Gasteiger charge is -2.33. The molecule has 0 aromatic heterocycles. The maximum absolute atomic E-state index is 12.7. The number of benzene rings is 1. The number of carbonyl (C=O) groups excluding carboxylic acids is 2. The summed E-state index contributed by atoms with van der Waals surface area (Å²) in [5.41, 5.74) is 7.66. The van der Waals surface area contributed by atoms with Crippen LogP contribution in [0.4, 0.5) is 5.69 Å². The average Bonchev–Trinajstić information content (AvgIpc) is 2.51. The molecule has 0 aliphatic carbocycles. The summed E-state index contributed by atoms with van der Waals surface area (Å²) in [5.74, 6) is -0.313. The topological polar surface area (TPSA) is 75.4 Å². The number of nitrogens with one attached hydrogen (secondary N) is 1. The predicted molar refractivity (Wildman–Crippen MR) is 98.9 cm³/mol. The van der Waals surface area contributed by atoms with Crippen LogP contribution < -0.4 is 11.1 Å². The SMILES string of the molecule is CCCN(C)C(=O)[C@@H](NC(=O)c1ccc(N)c(CC)c1)C(C)(C)C. The zero-order valence-corrected chi connectivity index (χ0v) is 15.8. The lowest BCUT2D eigenvalue weighted by molar-refractivity contribution is -0.134. The van der Waals surface area contributed by atoms with Gasteiger partial charge in [-0.15, -0.1) is 0 Å². The monoisotopic (exact) mass is 333 g/mol. The number of aryl methyl sites for hydroxylation is 1. The van der Waals surface area contributed by atoms with Crippen LogP contribution in [0.2, 0.25) is 0 Å². The highest BCUT2D eigenvalue weighted by Gasteiger charge is 2.34. The zero-order valence-electron chi connectivity index (χ0n) is 15.8. The largest absolute Gasteiger partial charge is 0.399 e. The van der Waals surface area contributed by atoms with E-state index in [-0.39, 0.29) is 17.2 Å². The van der Waals surface area contributed by atoms with Gasteiger partial charge in [-0.1, -0.05) is 34.6 Å². The molecule has 0 bridgehead atoms. The third-order valence-corrected chi connectivity index (χ3v) is 4.11. The first-order chi connectivity index (χ1) is 11.1. The van der Waals surface area contributed by atoms with E-state index in [1.807, 2.05) is 34.6 Å². The molecule has 1 atom stereocenters. The van der Waals surface area contributed by atoms with Gasteiger partial charge in [-0.25, -0.2) is 0 Å². The summed E-state index contributed by atoms with van der Waals surface area (Å²) in [6, 6.07) is 4.66. The van der Waals surface area contributed by atoms with Gasteiger partial charge in [-0.3, -0.25) is 9.59 Å². The summed E-state index contributed by atoms with van der Waals surface area (Å²) in [7, 11) is 1.77. The van der Waals surface area contributed by atoms with E-state index in [2.05, 4.69) is 5.32 Å². The predicted octanol–water partition coefficient (Wildman–Crippen LogP) is 2.84. The molecule has 0 unspecified atom stereocenters. The van der Waals surface area contributed by atoms with E-state index in [9.17, 15) is 9.59 Å². The summed E-state index contributed by atoms with van der Waals surface area (Å²) >= 11 is 0. The first-order valence-corrected chi connectivity index (χ1v) is 8.56. The van der Waals surface area contributed by atoms with Crippen molar-refractivity contribution in [3.05, 3.63) is 29.3 Å². The Balaban J connectivity index is 3.02. The number of amides is 2. The van der Waals surface area contributed by atoms with Gasteiger partial charge < -0.3 is 16.0 Å². The fraction of sp³-hybridized carbons (Fsp3) is 0.579. The van der Waals surface area contributed by atoms with Gasteiger partial charge in [0.15, 0.2) is 0 Å². The number of rotatable bonds is 6. The van der Waals surface area contributed by atoms with Gasteiger partial charge in [0.25, 0.3) is 5.91 Å². The number of nitrogens with two attached hydrogens (primary N) is 1. The van der Waals surface area contributed by atoms with E-state index >= 15 is 0 Å². The van der Waals surface area contributed by atoms with Crippen molar-refractivity contribution in [3.8, 4) is 0 Å². The molecule has 24 heavy (non-hydrogen) atoms. The van der Waals surface area contributed by atoms with E-state index in [1.54, 1.807) is 30.1 Å². The Morgan fingerprint density at radius 2 is 1.88 bits per heavy atom. The van der Waals surface area contributed by atoms with Crippen LogP contribution in [0.15, 0.2) is 18.2 Å². The molecular weight excluding hydrogens is 302 g/mol. The summed E-state index contributed by atoms with van der Waals surface area (Å²) in [4.78, 5) is 27.0. The molecule has 134 valence electrons.